The maximum Gasteiger partial charge on any atom is 0.0896 e. The summed E-state index contributed by atoms with van der Waals surface area (Å²) in [5.74, 6) is 5.71. The Morgan fingerprint density at radius 2 is 2.17 bits per heavy atom. The molecule has 2 rings (SSSR count). The van der Waals surface area contributed by atoms with Gasteiger partial charge in [-0.1, -0.05) is 35.9 Å². The van der Waals surface area contributed by atoms with E-state index in [9.17, 15) is 0 Å². The lowest BCUT2D eigenvalue weighted by atomic mass is 9.99. The minimum absolute atomic E-state index is 0.152. The fourth-order valence-corrected chi connectivity index (χ4v) is 2.39. The van der Waals surface area contributed by atoms with Crippen LogP contribution in [0.3, 0.4) is 0 Å². The van der Waals surface area contributed by atoms with E-state index < -0.39 is 0 Å². The molecule has 0 aliphatic heterocycles. The Kier molecular flexibility index (Phi) is 4.01. The maximum absolute atomic E-state index is 6.22. The molecular formula is C13H17ClN4. The smallest absolute Gasteiger partial charge is 0.0896 e. The summed E-state index contributed by atoms with van der Waals surface area (Å²) in [4.78, 5) is 0. The summed E-state index contributed by atoms with van der Waals surface area (Å²) >= 11 is 6.22. The van der Waals surface area contributed by atoms with Gasteiger partial charge in [-0.3, -0.25) is 10.5 Å². The number of nitrogens with one attached hydrogen (secondary N) is 1. The average Bonchev–Trinajstić information content (AvgIpc) is 2.74. The molecule has 4 nitrogen and oxygen atoms in total. The molecule has 1 unspecified atom stereocenters. The van der Waals surface area contributed by atoms with Crippen molar-refractivity contribution in [2.45, 2.75) is 26.4 Å². The number of hydrazine groups is 1. The molecule has 1 aromatic carbocycles. The predicted molar refractivity (Wildman–Crippen MR) is 73.3 cm³/mol. The Balaban J connectivity index is 2.52. The van der Waals surface area contributed by atoms with E-state index in [0.717, 1.165) is 17.8 Å². The number of nitrogens with zero attached hydrogens (tertiary/aromatic N) is 2. The van der Waals surface area contributed by atoms with Crippen LogP contribution in [0.15, 0.2) is 30.5 Å². The lowest BCUT2D eigenvalue weighted by Crippen LogP contribution is -2.31. The number of aromatic nitrogens is 2. The number of halogens is 1. The molecule has 0 radical (unpaired) electrons. The van der Waals surface area contributed by atoms with Crippen molar-refractivity contribution in [1.82, 2.24) is 15.2 Å². The van der Waals surface area contributed by atoms with Gasteiger partial charge in [0.25, 0.3) is 0 Å². The fraction of sp³-hybridized carbons (Fsp3) is 0.308. The van der Waals surface area contributed by atoms with Crippen molar-refractivity contribution in [3.05, 3.63) is 52.3 Å². The van der Waals surface area contributed by atoms with Gasteiger partial charge in [0.2, 0.25) is 0 Å². The Morgan fingerprint density at radius 3 is 2.78 bits per heavy atom. The molecule has 1 heterocycles. The van der Waals surface area contributed by atoms with Crippen molar-refractivity contribution in [2.24, 2.45) is 5.84 Å². The number of benzene rings is 1. The maximum atomic E-state index is 6.22. The van der Waals surface area contributed by atoms with Gasteiger partial charge in [0.1, 0.15) is 0 Å². The van der Waals surface area contributed by atoms with E-state index in [1.54, 1.807) is 6.20 Å². The van der Waals surface area contributed by atoms with Crippen LogP contribution in [0, 0.1) is 6.92 Å². The van der Waals surface area contributed by atoms with E-state index in [1.807, 2.05) is 29.8 Å². The highest BCUT2D eigenvalue weighted by Gasteiger charge is 2.21. The number of rotatable bonds is 4. The third kappa shape index (κ3) is 2.27. The largest absolute Gasteiger partial charge is 0.271 e. The van der Waals surface area contributed by atoms with Crippen molar-refractivity contribution in [3.63, 3.8) is 0 Å². The third-order valence-corrected chi connectivity index (χ3v) is 3.36. The SMILES string of the molecule is CCn1ncc(Cl)c1C(NN)c1ccccc1C. The van der Waals surface area contributed by atoms with Crippen LogP contribution in [0.2, 0.25) is 5.02 Å². The first kappa shape index (κ1) is 13.1. The molecule has 2 aromatic rings. The first-order valence-electron chi connectivity index (χ1n) is 5.91. The van der Waals surface area contributed by atoms with Crippen LogP contribution in [0.1, 0.15) is 29.8 Å². The number of nitrogens with two attached hydrogens (primary N) is 1. The summed E-state index contributed by atoms with van der Waals surface area (Å²) in [5.41, 5.74) is 6.01. The molecule has 3 N–H and O–H groups in total. The van der Waals surface area contributed by atoms with Gasteiger partial charge in [-0.15, -0.1) is 0 Å². The quantitative estimate of drug-likeness (QED) is 0.659. The van der Waals surface area contributed by atoms with Crippen molar-refractivity contribution < 1.29 is 0 Å². The molecule has 0 spiro atoms. The van der Waals surface area contributed by atoms with Crippen LogP contribution < -0.4 is 11.3 Å². The number of aryl methyl sites for hydroxylation is 2. The van der Waals surface area contributed by atoms with Crippen molar-refractivity contribution in [1.29, 1.82) is 0 Å². The molecule has 1 atom stereocenters. The van der Waals surface area contributed by atoms with Gasteiger partial charge in [-0.2, -0.15) is 5.10 Å². The Bertz CT molecular complexity index is 536. The lowest BCUT2D eigenvalue weighted by Gasteiger charge is -2.20. The van der Waals surface area contributed by atoms with Crippen LogP contribution in [0.5, 0.6) is 0 Å². The van der Waals surface area contributed by atoms with E-state index in [2.05, 4.69) is 23.5 Å². The van der Waals surface area contributed by atoms with Gasteiger partial charge in [0, 0.05) is 6.54 Å². The molecule has 1 aromatic heterocycles. The Hall–Kier alpha value is -1.36. The van der Waals surface area contributed by atoms with Crippen molar-refractivity contribution >= 4 is 11.6 Å². The van der Waals surface area contributed by atoms with Gasteiger partial charge in [-0.25, -0.2) is 5.43 Å². The molecule has 0 aliphatic carbocycles. The fourth-order valence-electron chi connectivity index (χ4n) is 2.14. The second-order valence-corrected chi connectivity index (χ2v) is 4.56. The van der Waals surface area contributed by atoms with E-state index in [4.69, 9.17) is 17.4 Å². The molecule has 5 heteroatoms. The molecule has 96 valence electrons. The highest BCUT2D eigenvalue weighted by Crippen LogP contribution is 2.29. The highest BCUT2D eigenvalue weighted by molar-refractivity contribution is 6.31. The van der Waals surface area contributed by atoms with Crippen LogP contribution in [-0.2, 0) is 6.54 Å². The van der Waals surface area contributed by atoms with E-state index in [0.29, 0.717) is 5.02 Å². The summed E-state index contributed by atoms with van der Waals surface area (Å²) in [6.07, 6.45) is 1.66. The van der Waals surface area contributed by atoms with Crippen LogP contribution >= 0.6 is 11.6 Å². The topological polar surface area (TPSA) is 55.9 Å². The summed E-state index contributed by atoms with van der Waals surface area (Å²) < 4.78 is 1.86. The zero-order chi connectivity index (χ0) is 13.1. The molecule has 0 saturated heterocycles. The summed E-state index contributed by atoms with van der Waals surface area (Å²) in [5, 5.41) is 4.88. The molecule has 18 heavy (non-hydrogen) atoms. The van der Waals surface area contributed by atoms with E-state index >= 15 is 0 Å². The predicted octanol–water partition coefficient (Wildman–Crippen LogP) is 2.42. The molecular weight excluding hydrogens is 248 g/mol. The normalized spacial score (nSPS) is 12.7. The Labute approximate surface area is 112 Å². The zero-order valence-electron chi connectivity index (χ0n) is 10.5. The summed E-state index contributed by atoms with van der Waals surface area (Å²) in [7, 11) is 0. The summed E-state index contributed by atoms with van der Waals surface area (Å²) in [6, 6.07) is 7.95. The minimum atomic E-state index is -0.152. The number of hydrogen-bond donors (Lipinski definition) is 2. The summed E-state index contributed by atoms with van der Waals surface area (Å²) in [6.45, 7) is 4.84. The monoisotopic (exact) mass is 264 g/mol. The second-order valence-electron chi connectivity index (χ2n) is 4.15. The van der Waals surface area contributed by atoms with Crippen LogP contribution in [0.4, 0.5) is 0 Å². The van der Waals surface area contributed by atoms with Gasteiger partial charge in [-0.05, 0) is 25.0 Å². The third-order valence-electron chi connectivity index (χ3n) is 3.07. The van der Waals surface area contributed by atoms with E-state index in [-0.39, 0.29) is 6.04 Å². The van der Waals surface area contributed by atoms with Gasteiger partial charge >= 0.3 is 0 Å². The van der Waals surface area contributed by atoms with Crippen molar-refractivity contribution in [2.75, 3.05) is 0 Å². The first-order valence-corrected chi connectivity index (χ1v) is 6.29. The molecule has 0 bridgehead atoms. The second kappa shape index (κ2) is 5.52. The first-order chi connectivity index (χ1) is 8.69. The highest BCUT2D eigenvalue weighted by atomic mass is 35.5. The van der Waals surface area contributed by atoms with E-state index in [1.165, 1.54) is 5.56 Å². The minimum Gasteiger partial charge on any atom is -0.271 e. The van der Waals surface area contributed by atoms with Gasteiger partial charge in [0.05, 0.1) is 23.0 Å². The standard InChI is InChI=1S/C13H17ClN4/c1-3-18-13(11(14)8-16-18)12(17-15)10-7-5-4-6-9(10)2/h4-8,12,17H,3,15H2,1-2H3. The Morgan fingerprint density at radius 1 is 1.44 bits per heavy atom. The lowest BCUT2D eigenvalue weighted by molar-refractivity contribution is 0.542. The zero-order valence-corrected chi connectivity index (χ0v) is 11.3. The molecule has 0 aliphatic rings. The molecule has 0 fully saturated rings. The molecule has 0 saturated carbocycles. The molecule has 0 amide bonds. The van der Waals surface area contributed by atoms with Crippen LogP contribution in [-0.4, -0.2) is 9.78 Å². The van der Waals surface area contributed by atoms with Crippen LogP contribution in [0.25, 0.3) is 0 Å². The van der Waals surface area contributed by atoms with Gasteiger partial charge in [0.15, 0.2) is 0 Å². The number of hydrogen-bond acceptors (Lipinski definition) is 3. The average molecular weight is 265 g/mol. The van der Waals surface area contributed by atoms with Gasteiger partial charge < -0.3 is 0 Å². The van der Waals surface area contributed by atoms with Crippen molar-refractivity contribution in [3.8, 4) is 0 Å².